The molecule has 3 rings (SSSR count). The van der Waals surface area contributed by atoms with E-state index in [9.17, 15) is 19.2 Å². The van der Waals surface area contributed by atoms with Crippen LogP contribution >= 0.6 is 0 Å². The summed E-state index contributed by atoms with van der Waals surface area (Å²) < 4.78 is 5.00. The molecule has 0 saturated carbocycles. The minimum atomic E-state index is -0.659. The van der Waals surface area contributed by atoms with E-state index in [-0.39, 0.29) is 24.1 Å². The first kappa shape index (κ1) is 19.3. The minimum absolute atomic E-state index is 0.00476. The van der Waals surface area contributed by atoms with Crippen molar-refractivity contribution in [2.45, 2.75) is 26.3 Å². The summed E-state index contributed by atoms with van der Waals surface area (Å²) in [6.07, 6.45) is 0.777. The van der Waals surface area contributed by atoms with Gasteiger partial charge in [-0.3, -0.25) is 14.4 Å². The number of nitrogens with zero attached hydrogens (tertiary/aromatic N) is 1. The summed E-state index contributed by atoms with van der Waals surface area (Å²) in [4.78, 5) is 49.8. The molecule has 1 atom stereocenters. The van der Waals surface area contributed by atoms with Gasteiger partial charge in [0, 0.05) is 6.04 Å². The lowest BCUT2D eigenvalue weighted by Crippen LogP contribution is -2.35. The molecule has 2 aromatic rings. The number of imide groups is 1. The Hall–Kier alpha value is -3.48. The fraction of sp³-hybridized carbons (Fsp3) is 0.238. The third kappa shape index (κ3) is 3.78. The standard InChI is InChI=1S/C21H20N2O5/c1-3-13(2)22-18(24)12-28-21(27)14-8-10-15(11-9-14)23-19(25)16-6-4-5-7-17(16)20(23)26/h4-11,13H,3,12H2,1-2H3,(H,22,24)/t13-/m0/s1. The molecule has 7 heteroatoms. The number of fused-ring (bicyclic) bond motifs is 1. The van der Waals surface area contributed by atoms with Crippen LogP contribution in [0.2, 0.25) is 0 Å². The predicted octanol–water partition coefficient (Wildman–Crippen LogP) is 2.56. The van der Waals surface area contributed by atoms with Crippen molar-refractivity contribution in [3.8, 4) is 0 Å². The molecule has 0 fully saturated rings. The second kappa shape index (κ2) is 8.04. The summed E-state index contributed by atoms with van der Waals surface area (Å²) in [6, 6.07) is 12.5. The van der Waals surface area contributed by atoms with Crippen LogP contribution in [0, 0.1) is 0 Å². The maximum absolute atomic E-state index is 12.5. The van der Waals surface area contributed by atoms with Crippen molar-refractivity contribution in [3.63, 3.8) is 0 Å². The van der Waals surface area contributed by atoms with E-state index in [1.807, 2.05) is 13.8 Å². The quantitative estimate of drug-likeness (QED) is 0.614. The van der Waals surface area contributed by atoms with Crippen molar-refractivity contribution in [2.75, 3.05) is 11.5 Å². The molecular formula is C21H20N2O5. The normalized spacial score (nSPS) is 13.9. The van der Waals surface area contributed by atoms with Crippen LogP contribution in [0.25, 0.3) is 0 Å². The monoisotopic (exact) mass is 380 g/mol. The van der Waals surface area contributed by atoms with E-state index in [4.69, 9.17) is 4.74 Å². The van der Waals surface area contributed by atoms with Crippen LogP contribution < -0.4 is 10.2 Å². The molecule has 0 spiro atoms. The second-order valence-corrected chi connectivity index (χ2v) is 6.49. The van der Waals surface area contributed by atoms with E-state index in [1.54, 1.807) is 24.3 Å². The maximum Gasteiger partial charge on any atom is 0.338 e. The van der Waals surface area contributed by atoms with Gasteiger partial charge in [-0.15, -0.1) is 0 Å². The molecule has 1 aliphatic rings. The maximum atomic E-state index is 12.5. The number of nitrogens with one attached hydrogen (secondary N) is 1. The number of carbonyl (C=O) groups excluding carboxylic acids is 4. The molecule has 1 N–H and O–H groups in total. The van der Waals surface area contributed by atoms with E-state index in [2.05, 4.69) is 5.32 Å². The molecule has 0 aromatic heterocycles. The molecule has 1 heterocycles. The summed E-state index contributed by atoms with van der Waals surface area (Å²) in [5.41, 5.74) is 1.28. The SMILES string of the molecule is CC[C@H](C)NC(=O)COC(=O)c1ccc(N2C(=O)c3ccccc3C2=O)cc1. The summed E-state index contributed by atoms with van der Waals surface area (Å²) >= 11 is 0. The summed E-state index contributed by atoms with van der Waals surface area (Å²) in [7, 11) is 0. The van der Waals surface area contributed by atoms with Crippen molar-refractivity contribution in [3.05, 3.63) is 65.2 Å². The zero-order valence-electron chi connectivity index (χ0n) is 15.6. The Labute approximate surface area is 162 Å². The highest BCUT2D eigenvalue weighted by Crippen LogP contribution is 2.28. The largest absolute Gasteiger partial charge is 0.452 e. The number of amides is 3. The van der Waals surface area contributed by atoms with E-state index in [0.717, 1.165) is 11.3 Å². The molecule has 0 aliphatic carbocycles. The van der Waals surface area contributed by atoms with Crippen molar-refractivity contribution < 1.29 is 23.9 Å². The molecule has 0 saturated heterocycles. The number of hydrogen-bond donors (Lipinski definition) is 1. The van der Waals surface area contributed by atoms with E-state index in [1.165, 1.54) is 24.3 Å². The first-order valence-corrected chi connectivity index (χ1v) is 8.96. The minimum Gasteiger partial charge on any atom is -0.452 e. The van der Waals surface area contributed by atoms with Crippen LogP contribution in [0.15, 0.2) is 48.5 Å². The van der Waals surface area contributed by atoms with Crippen LogP contribution in [0.4, 0.5) is 5.69 Å². The number of ether oxygens (including phenoxy) is 1. The fourth-order valence-electron chi connectivity index (χ4n) is 2.80. The van der Waals surface area contributed by atoms with Gasteiger partial charge < -0.3 is 10.1 Å². The molecule has 28 heavy (non-hydrogen) atoms. The second-order valence-electron chi connectivity index (χ2n) is 6.49. The zero-order valence-corrected chi connectivity index (χ0v) is 15.6. The molecule has 2 aromatic carbocycles. The first-order valence-electron chi connectivity index (χ1n) is 8.96. The number of benzene rings is 2. The van der Waals surface area contributed by atoms with Gasteiger partial charge in [0.2, 0.25) is 0 Å². The van der Waals surface area contributed by atoms with Crippen LogP contribution in [0.3, 0.4) is 0 Å². The Morgan fingerprint density at radius 1 is 1.00 bits per heavy atom. The van der Waals surface area contributed by atoms with Crippen molar-refractivity contribution >= 4 is 29.4 Å². The van der Waals surface area contributed by atoms with Crippen LogP contribution in [-0.4, -0.2) is 36.3 Å². The summed E-state index contributed by atoms with van der Waals surface area (Å²) in [5, 5.41) is 2.70. The van der Waals surface area contributed by atoms with Gasteiger partial charge >= 0.3 is 5.97 Å². The summed E-state index contributed by atoms with van der Waals surface area (Å²) in [5.74, 6) is -1.84. The number of esters is 1. The molecule has 1 aliphatic heterocycles. The molecule has 0 radical (unpaired) electrons. The highest BCUT2D eigenvalue weighted by atomic mass is 16.5. The molecule has 3 amide bonds. The van der Waals surface area contributed by atoms with Gasteiger partial charge in [-0.05, 0) is 49.7 Å². The van der Waals surface area contributed by atoms with Gasteiger partial charge in [-0.2, -0.15) is 0 Å². The van der Waals surface area contributed by atoms with Crippen molar-refractivity contribution in [1.29, 1.82) is 0 Å². The number of anilines is 1. The Balaban J connectivity index is 1.66. The van der Waals surface area contributed by atoms with Gasteiger partial charge in [-0.25, -0.2) is 9.69 Å². The van der Waals surface area contributed by atoms with Crippen LogP contribution in [0.1, 0.15) is 51.3 Å². The zero-order chi connectivity index (χ0) is 20.3. The van der Waals surface area contributed by atoms with Gasteiger partial charge in [0.25, 0.3) is 17.7 Å². The van der Waals surface area contributed by atoms with E-state index >= 15 is 0 Å². The van der Waals surface area contributed by atoms with E-state index in [0.29, 0.717) is 16.8 Å². The highest BCUT2D eigenvalue weighted by Gasteiger charge is 2.36. The smallest absolute Gasteiger partial charge is 0.338 e. The third-order valence-electron chi connectivity index (χ3n) is 4.51. The van der Waals surface area contributed by atoms with E-state index < -0.39 is 17.8 Å². The number of hydrogen-bond acceptors (Lipinski definition) is 5. The fourth-order valence-corrected chi connectivity index (χ4v) is 2.80. The molecule has 0 bridgehead atoms. The lowest BCUT2D eigenvalue weighted by atomic mass is 10.1. The van der Waals surface area contributed by atoms with Gasteiger partial charge in [-0.1, -0.05) is 19.1 Å². The Morgan fingerprint density at radius 3 is 2.11 bits per heavy atom. The van der Waals surface area contributed by atoms with Crippen molar-refractivity contribution in [1.82, 2.24) is 5.32 Å². The average molecular weight is 380 g/mol. The van der Waals surface area contributed by atoms with Crippen LogP contribution in [0.5, 0.6) is 0 Å². The Morgan fingerprint density at radius 2 is 1.57 bits per heavy atom. The lowest BCUT2D eigenvalue weighted by Gasteiger charge is -2.14. The van der Waals surface area contributed by atoms with Gasteiger partial charge in [0.05, 0.1) is 22.4 Å². The summed E-state index contributed by atoms with van der Waals surface area (Å²) in [6.45, 7) is 3.42. The number of carbonyl (C=O) groups is 4. The molecule has 0 unspecified atom stereocenters. The lowest BCUT2D eigenvalue weighted by molar-refractivity contribution is -0.124. The Bertz CT molecular complexity index is 901. The van der Waals surface area contributed by atoms with Gasteiger partial charge in [0.1, 0.15) is 0 Å². The average Bonchev–Trinajstić information content (AvgIpc) is 2.97. The highest BCUT2D eigenvalue weighted by molar-refractivity contribution is 6.34. The molecule has 144 valence electrons. The topological polar surface area (TPSA) is 92.8 Å². The Kier molecular flexibility index (Phi) is 5.54. The van der Waals surface area contributed by atoms with Crippen LogP contribution in [-0.2, 0) is 9.53 Å². The van der Waals surface area contributed by atoms with Crippen molar-refractivity contribution in [2.24, 2.45) is 0 Å². The molecule has 7 nitrogen and oxygen atoms in total. The van der Waals surface area contributed by atoms with Gasteiger partial charge in [0.15, 0.2) is 6.61 Å². The first-order chi connectivity index (χ1) is 13.4. The molecular weight excluding hydrogens is 360 g/mol. The number of rotatable bonds is 6. The third-order valence-corrected chi connectivity index (χ3v) is 4.51. The predicted molar refractivity (Wildman–Crippen MR) is 102 cm³/mol.